The molecule has 0 aliphatic rings. The number of anilines is 2. The van der Waals surface area contributed by atoms with Gasteiger partial charge in [-0.25, -0.2) is 26.9 Å². The molecule has 4 aromatic heterocycles. The maximum absolute atomic E-state index is 13.6. The van der Waals surface area contributed by atoms with Gasteiger partial charge in [-0.2, -0.15) is 36.5 Å². The summed E-state index contributed by atoms with van der Waals surface area (Å²) in [4.78, 5) is 18.7. The van der Waals surface area contributed by atoms with Crippen LogP contribution < -0.4 is 10.6 Å². The molecule has 53 heavy (non-hydrogen) atoms. The highest BCUT2D eigenvalue weighted by Gasteiger charge is 2.35. The van der Waals surface area contributed by atoms with E-state index in [2.05, 4.69) is 30.8 Å². The van der Waals surface area contributed by atoms with Gasteiger partial charge in [-0.15, -0.1) is 0 Å². The number of rotatable bonds is 7. The van der Waals surface area contributed by atoms with Gasteiger partial charge in [0, 0.05) is 34.9 Å². The van der Waals surface area contributed by atoms with Crippen molar-refractivity contribution in [2.75, 3.05) is 10.6 Å². The number of aromatic nitrogens is 6. The second kappa shape index (κ2) is 15.1. The van der Waals surface area contributed by atoms with Crippen molar-refractivity contribution in [2.45, 2.75) is 32.7 Å². The third-order valence-corrected chi connectivity index (χ3v) is 7.34. The van der Waals surface area contributed by atoms with Crippen molar-refractivity contribution in [3.05, 3.63) is 143 Å². The number of halogens is 10. The zero-order chi connectivity index (χ0) is 38.7. The summed E-state index contributed by atoms with van der Waals surface area (Å²) < 4.78 is 133. The van der Waals surface area contributed by atoms with Crippen LogP contribution in [0, 0.1) is 37.1 Å². The van der Waals surface area contributed by atoms with Crippen LogP contribution in [0.5, 0.6) is 0 Å². The number of nitrogens with one attached hydrogen (secondary N) is 2. The molecular weight excluding hydrogens is 726 g/mol. The first-order chi connectivity index (χ1) is 24.9. The Balaban J connectivity index is 0.000000204. The van der Waals surface area contributed by atoms with Crippen LogP contribution in [0.2, 0.25) is 0 Å². The number of hydrogen-bond donors (Lipinski definition) is 2. The topological polar surface area (TPSA) is 103 Å². The Labute approximate surface area is 292 Å². The van der Waals surface area contributed by atoms with E-state index in [1.165, 1.54) is 42.8 Å². The van der Waals surface area contributed by atoms with Crippen LogP contribution in [-0.2, 0) is 18.9 Å². The molecule has 0 spiro atoms. The second-order valence-electron chi connectivity index (χ2n) is 11.1. The van der Waals surface area contributed by atoms with Gasteiger partial charge in [0.1, 0.15) is 17.2 Å². The summed E-state index contributed by atoms with van der Waals surface area (Å²) in [7, 11) is 0. The Morgan fingerprint density at radius 2 is 1.02 bits per heavy atom. The number of aryl methyl sites for hydroxylation is 2. The van der Waals surface area contributed by atoms with E-state index in [1.807, 2.05) is 0 Å². The fourth-order valence-corrected chi connectivity index (χ4v) is 4.77. The van der Waals surface area contributed by atoms with E-state index in [4.69, 9.17) is 0 Å². The van der Waals surface area contributed by atoms with Crippen LogP contribution in [0.1, 0.15) is 38.7 Å². The average molecular weight is 751 g/mol. The van der Waals surface area contributed by atoms with Gasteiger partial charge in [-0.3, -0.25) is 14.8 Å². The molecule has 2 aromatic carbocycles. The van der Waals surface area contributed by atoms with Crippen LogP contribution in [0.15, 0.2) is 85.5 Å². The van der Waals surface area contributed by atoms with Crippen molar-refractivity contribution in [1.29, 1.82) is 0 Å². The van der Waals surface area contributed by atoms with Crippen LogP contribution >= 0.6 is 0 Å². The highest BCUT2D eigenvalue weighted by atomic mass is 19.4. The summed E-state index contributed by atoms with van der Waals surface area (Å²) in [5.41, 5.74) is -0.841. The lowest BCUT2D eigenvalue weighted by atomic mass is 10.2. The lowest BCUT2D eigenvalue weighted by Gasteiger charge is -2.10. The van der Waals surface area contributed by atoms with Crippen LogP contribution in [0.3, 0.4) is 0 Å². The summed E-state index contributed by atoms with van der Waals surface area (Å²) in [5.74, 6) is -4.77. The Bertz CT molecular complexity index is 2190. The SMILES string of the molecule is Cc1cc(C(F)(F)F)nn1-c1ccc(NC(=O)c2c(F)cncc2F)cc1.Cc1cc(C(F)(F)F)nn1-c1ccc(NCc2c(F)cncc2F)cc1. The lowest BCUT2D eigenvalue weighted by Crippen LogP contribution is -2.16. The van der Waals surface area contributed by atoms with E-state index < -0.39 is 58.5 Å². The second-order valence-corrected chi connectivity index (χ2v) is 11.1. The van der Waals surface area contributed by atoms with Gasteiger partial charge < -0.3 is 10.6 Å². The van der Waals surface area contributed by atoms with Crippen LogP contribution in [0.4, 0.5) is 55.3 Å². The summed E-state index contributed by atoms with van der Waals surface area (Å²) in [6, 6.07) is 13.7. The van der Waals surface area contributed by atoms with Gasteiger partial charge in [-0.05, 0) is 74.5 Å². The minimum Gasteiger partial charge on any atom is -0.381 e. The van der Waals surface area contributed by atoms with Crippen molar-refractivity contribution in [3.8, 4) is 11.4 Å². The molecule has 0 aliphatic heterocycles. The van der Waals surface area contributed by atoms with Gasteiger partial charge in [0.15, 0.2) is 23.0 Å². The van der Waals surface area contributed by atoms with E-state index >= 15 is 0 Å². The molecule has 0 saturated carbocycles. The number of hydrogen-bond acceptors (Lipinski definition) is 6. The zero-order valence-corrected chi connectivity index (χ0v) is 27.2. The summed E-state index contributed by atoms with van der Waals surface area (Å²) in [6.45, 7) is 2.88. The molecular formula is C34H24F10N8O. The molecule has 0 atom stereocenters. The van der Waals surface area contributed by atoms with Crippen LogP contribution in [0.25, 0.3) is 11.4 Å². The molecule has 0 unspecified atom stereocenters. The fourth-order valence-electron chi connectivity index (χ4n) is 4.77. The first-order valence-corrected chi connectivity index (χ1v) is 15.0. The van der Waals surface area contributed by atoms with Crippen molar-refractivity contribution >= 4 is 17.3 Å². The van der Waals surface area contributed by atoms with E-state index in [0.29, 0.717) is 35.1 Å². The molecule has 276 valence electrons. The quantitative estimate of drug-likeness (QED) is 0.159. The molecule has 9 nitrogen and oxygen atoms in total. The Hall–Kier alpha value is -6.27. The number of carbonyl (C=O) groups is 1. The third-order valence-electron chi connectivity index (χ3n) is 7.34. The van der Waals surface area contributed by atoms with Gasteiger partial charge in [-0.1, -0.05) is 0 Å². The zero-order valence-electron chi connectivity index (χ0n) is 27.2. The molecule has 0 fully saturated rings. The number of nitrogens with zero attached hydrogens (tertiary/aromatic N) is 6. The van der Waals surface area contributed by atoms with Gasteiger partial charge in [0.25, 0.3) is 5.91 Å². The third kappa shape index (κ3) is 8.97. The number of alkyl halides is 6. The van der Waals surface area contributed by atoms with Gasteiger partial charge >= 0.3 is 12.4 Å². The van der Waals surface area contributed by atoms with Gasteiger partial charge in [0.05, 0.1) is 36.2 Å². The predicted molar refractivity (Wildman–Crippen MR) is 170 cm³/mol. The molecule has 2 N–H and O–H groups in total. The number of carbonyl (C=O) groups excluding carboxylic acids is 1. The number of pyridine rings is 2. The molecule has 0 bridgehead atoms. The molecule has 0 aliphatic carbocycles. The largest absolute Gasteiger partial charge is 0.435 e. The summed E-state index contributed by atoms with van der Waals surface area (Å²) in [6.07, 6.45) is -5.83. The maximum Gasteiger partial charge on any atom is 0.435 e. The number of benzene rings is 2. The van der Waals surface area contributed by atoms with Crippen molar-refractivity contribution in [3.63, 3.8) is 0 Å². The monoisotopic (exact) mass is 750 g/mol. The van der Waals surface area contributed by atoms with E-state index in [-0.39, 0.29) is 23.5 Å². The van der Waals surface area contributed by atoms with E-state index in [9.17, 15) is 48.7 Å². The highest BCUT2D eigenvalue weighted by Crippen LogP contribution is 2.31. The standard InChI is InChI=1S/C17H11F5N4O.C17H13F5N4/c1-9-6-14(17(20,21)22)25-26(9)11-4-2-10(3-5-11)24-16(27)15-12(18)7-23-8-13(15)19;1-10-6-16(17(20,21)22)25-26(10)12-4-2-11(3-5-12)24-7-13-14(18)8-23-9-15(13)19/h2-8H,1H3,(H,24,27);2-6,8-9,24H,7H2,1H3. The molecule has 6 aromatic rings. The fraction of sp³-hybridized carbons (Fsp3) is 0.147. The van der Waals surface area contributed by atoms with E-state index in [1.54, 1.807) is 24.3 Å². The predicted octanol–water partition coefficient (Wildman–Crippen LogP) is 8.61. The highest BCUT2D eigenvalue weighted by molar-refractivity contribution is 6.04. The number of amides is 1. The maximum atomic E-state index is 13.6. The van der Waals surface area contributed by atoms with Crippen LogP contribution in [-0.4, -0.2) is 35.4 Å². The van der Waals surface area contributed by atoms with Gasteiger partial charge in [0.2, 0.25) is 0 Å². The Morgan fingerprint density at radius 1 is 0.623 bits per heavy atom. The van der Waals surface area contributed by atoms with Crippen molar-refractivity contribution in [1.82, 2.24) is 29.5 Å². The normalized spacial score (nSPS) is 11.5. The smallest absolute Gasteiger partial charge is 0.381 e. The minimum absolute atomic E-state index is 0.0987. The van der Waals surface area contributed by atoms with Crippen molar-refractivity contribution in [2.24, 2.45) is 0 Å². The molecule has 4 heterocycles. The molecule has 6 rings (SSSR count). The van der Waals surface area contributed by atoms with Crippen molar-refractivity contribution < 1.29 is 48.7 Å². The first-order valence-electron chi connectivity index (χ1n) is 15.0. The minimum atomic E-state index is -4.57. The first kappa shape index (κ1) is 38.0. The Kier molecular flexibility index (Phi) is 10.8. The Morgan fingerprint density at radius 3 is 1.42 bits per heavy atom. The summed E-state index contributed by atoms with van der Waals surface area (Å²) >= 11 is 0. The molecule has 0 saturated heterocycles. The molecule has 19 heteroatoms. The molecule has 1 amide bonds. The summed E-state index contributed by atoms with van der Waals surface area (Å²) in [5, 5.41) is 12.2. The molecule has 0 radical (unpaired) electrons. The van der Waals surface area contributed by atoms with E-state index in [0.717, 1.165) is 29.2 Å². The average Bonchev–Trinajstić information content (AvgIpc) is 3.68. The lowest BCUT2D eigenvalue weighted by molar-refractivity contribution is -0.142.